The summed E-state index contributed by atoms with van der Waals surface area (Å²) in [5.41, 5.74) is 1.93. The number of nitrogens with one attached hydrogen (secondary N) is 1. The molecule has 1 amide bonds. The predicted molar refractivity (Wildman–Crippen MR) is 104 cm³/mol. The zero-order valence-electron chi connectivity index (χ0n) is 15.6. The highest BCUT2D eigenvalue weighted by atomic mass is 19.1. The van der Waals surface area contributed by atoms with Gasteiger partial charge in [0, 0.05) is 12.1 Å². The number of rotatable bonds is 11. The van der Waals surface area contributed by atoms with Crippen LogP contribution in [0.4, 0.5) is 4.39 Å². The Balaban J connectivity index is 1.81. The molecule has 2 aromatic rings. The summed E-state index contributed by atoms with van der Waals surface area (Å²) in [6.45, 7) is 2.75. The van der Waals surface area contributed by atoms with E-state index in [9.17, 15) is 14.0 Å². The van der Waals surface area contributed by atoms with E-state index < -0.39 is 5.92 Å². The second kappa shape index (κ2) is 11.1. The molecule has 4 nitrogen and oxygen atoms in total. The summed E-state index contributed by atoms with van der Waals surface area (Å²) >= 11 is 0. The molecule has 0 bridgehead atoms. The van der Waals surface area contributed by atoms with Gasteiger partial charge in [0.1, 0.15) is 5.82 Å². The average Bonchev–Trinajstić information content (AvgIpc) is 2.69. The summed E-state index contributed by atoms with van der Waals surface area (Å²) in [6.07, 6.45) is 4.29. The Morgan fingerprint density at radius 2 is 1.85 bits per heavy atom. The molecule has 0 aromatic heterocycles. The van der Waals surface area contributed by atoms with E-state index in [-0.39, 0.29) is 11.8 Å². The van der Waals surface area contributed by atoms with E-state index in [0.29, 0.717) is 30.7 Å². The van der Waals surface area contributed by atoms with Crippen molar-refractivity contribution in [2.45, 2.75) is 38.5 Å². The lowest BCUT2D eigenvalue weighted by molar-refractivity contribution is -0.145. The first kappa shape index (κ1) is 20.6. The van der Waals surface area contributed by atoms with Crippen LogP contribution >= 0.6 is 0 Å². The second-order valence-electron chi connectivity index (χ2n) is 6.48. The molecule has 1 unspecified atom stereocenters. The van der Waals surface area contributed by atoms with Crippen LogP contribution < -0.4 is 5.32 Å². The molecule has 2 aromatic carbocycles. The molecule has 144 valence electrons. The Morgan fingerprint density at radius 3 is 2.56 bits per heavy atom. The third-order valence-corrected chi connectivity index (χ3v) is 4.47. The molecule has 0 spiro atoms. The van der Waals surface area contributed by atoms with Gasteiger partial charge < -0.3 is 10.1 Å². The molecule has 2 rings (SSSR count). The van der Waals surface area contributed by atoms with Crippen LogP contribution in [0.25, 0.3) is 11.1 Å². The number of halogens is 1. The number of hydrogen-bond acceptors (Lipinski definition) is 3. The van der Waals surface area contributed by atoms with Crippen molar-refractivity contribution in [2.24, 2.45) is 0 Å². The van der Waals surface area contributed by atoms with Gasteiger partial charge >= 0.3 is 5.97 Å². The van der Waals surface area contributed by atoms with Crippen molar-refractivity contribution < 1.29 is 18.7 Å². The minimum Gasteiger partial charge on any atom is -0.465 e. The maximum atomic E-state index is 14.5. The fraction of sp³-hybridized carbons (Fsp3) is 0.364. The van der Waals surface area contributed by atoms with Gasteiger partial charge in [0.25, 0.3) is 0 Å². The number of amides is 1. The van der Waals surface area contributed by atoms with E-state index in [2.05, 4.69) is 5.32 Å². The number of hydrogen-bond donors (Lipinski definition) is 1. The molecule has 27 heavy (non-hydrogen) atoms. The van der Waals surface area contributed by atoms with Crippen LogP contribution in [0.1, 0.15) is 44.1 Å². The summed E-state index contributed by atoms with van der Waals surface area (Å²) in [7, 11) is 0. The first-order valence-corrected chi connectivity index (χ1v) is 9.32. The largest absolute Gasteiger partial charge is 0.465 e. The van der Waals surface area contributed by atoms with Crippen molar-refractivity contribution in [1.82, 2.24) is 5.32 Å². The van der Waals surface area contributed by atoms with Crippen LogP contribution in [0.3, 0.4) is 0 Å². The molecule has 0 saturated heterocycles. The highest BCUT2D eigenvalue weighted by Gasteiger charge is 2.18. The molecule has 0 aliphatic rings. The Labute approximate surface area is 159 Å². The summed E-state index contributed by atoms with van der Waals surface area (Å²) < 4.78 is 19.8. The third kappa shape index (κ3) is 6.51. The number of unbranched alkanes of at least 4 members (excludes halogenated alkanes) is 3. The van der Waals surface area contributed by atoms with Gasteiger partial charge in [0.05, 0.1) is 12.5 Å². The van der Waals surface area contributed by atoms with E-state index in [1.165, 1.54) is 6.07 Å². The lowest BCUT2D eigenvalue weighted by atomic mass is 9.97. The van der Waals surface area contributed by atoms with Gasteiger partial charge in [0.15, 0.2) is 0 Å². The van der Waals surface area contributed by atoms with Gasteiger partial charge in [-0.25, -0.2) is 4.39 Å². The lowest BCUT2D eigenvalue weighted by Crippen LogP contribution is -2.14. The molecule has 0 heterocycles. The van der Waals surface area contributed by atoms with Crippen LogP contribution in [0.15, 0.2) is 48.5 Å². The summed E-state index contributed by atoms with van der Waals surface area (Å²) in [5, 5.41) is 2.61. The van der Waals surface area contributed by atoms with E-state index >= 15 is 0 Å². The lowest BCUT2D eigenvalue weighted by Gasteiger charge is -2.13. The molecule has 0 fully saturated rings. The fourth-order valence-corrected chi connectivity index (χ4v) is 2.83. The van der Waals surface area contributed by atoms with Crippen molar-refractivity contribution >= 4 is 12.4 Å². The zero-order valence-corrected chi connectivity index (χ0v) is 15.6. The van der Waals surface area contributed by atoms with Gasteiger partial charge in [-0.3, -0.25) is 9.59 Å². The fourth-order valence-electron chi connectivity index (χ4n) is 2.83. The van der Waals surface area contributed by atoms with E-state index in [0.717, 1.165) is 31.2 Å². The standard InChI is InChI=1S/C22H26FNO3/c1-17(22(26)27-14-8-3-2-7-13-24-16-25)19-11-12-20(21(23)15-19)18-9-5-4-6-10-18/h4-6,9-12,15-17H,2-3,7-8,13-14H2,1H3,(H,24,25). The molecule has 5 heteroatoms. The first-order valence-electron chi connectivity index (χ1n) is 9.32. The van der Waals surface area contributed by atoms with Gasteiger partial charge in [-0.1, -0.05) is 48.9 Å². The molecular formula is C22H26FNO3. The second-order valence-corrected chi connectivity index (χ2v) is 6.48. The first-order chi connectivity index (χ1) is 13.1. The van der Waals surface area contributed by atoms with Crippen LogP contribution in [-0.2, 0) is 14.3 Å². The molecule has 1 atom stereocenters. The van der Waals surface area contributed by atoms with Crippen molar-refractivity contribution in [3.05, 3.63) is 59.9 Å². The minimum atomic E-state index is -0.513. The maximum Gasteiger partial charge on any atom is 0.313 e. The average molecular weight is 371 g/mol. The summed E-state index contributed by atoms with van der Waals surface area (Å²) in [5.74, 6) is -1.20. The van der Waals surface area contributed by atoms with Crippen LogP contribution in [-0.4, -0.2) is 25.5 Å². The smallest absolute Gasteiger partial charge is 0.313 e. The van der Waals surface area contributed by atoms with Crippen LogP contribution in [0.2, 0.25) is 0 Å². The number of carbonyl (C=O) groups is 2. The van der Waals surface area contributed by atoms with Crippen molar-refractivity contribution in [2.75, 3.05) is 13.2 Å². The molecule has 1 N–H and O–H groups in total. The molecular weight excluding hydrogens is 345 g/mol. The van der Waals surface area contributed by atoms with Crippen molar-refractivity contribution in [3.8, 4) is 11.1 Å². The number of ether oxygens (including phenoxy) is 1. The van der Waals surface area contributed by atoms with Crippen LogP contribution in [0.5, 0.6) is 0 Å². The Kier molecular flexibility index (Phi) is 8.49. The van der Waals surface area contributed by atoms with Gasteiger partial charge in [-0.15, -0.1) is 0 Å². The van der Waals surface area contributed by atoms with Crippen molar-refractivity contribution in [3.63, 3.8) is 0 Å². The highest BCUT2D eigenvalue weighted by molar-refractivity contribution is 5.78. The minimum absolute atomic E-state index is 0.343. The Hall–Kier alpha value is -2.69. The quantitative estimate of drug-likeness (QED) is 0.361. The van der Waals surface area contributed by atoms with E-state index in [4.69, 9.17) is 4.74 Å². The Bertz CT molecular complexity index is 734. The van der Waals surface area contributed by atoms with Gasteiger partial charge in [-0.05, 0) is 43.4 Å². The highest BCUT2D eigenvalue weighted by Crippen LogP contribution is 2.26. The van der Waals surface area contributed by atoms with Crippen molar-refractivity contribution in [1.29, 1.82) is 0 Å². The normalized spacial score (nSPS) is 11.6. The zero-order chi connectivity index (χ0) is 19.5. The topological polar surface area (TPSA) is 55.4 Å². The third-order valence-electron chi connectivity index (χ3n) is 4.47. The molecule has 0 radical (unpaired) electrons. The number of esters is 1. The summed E-state index contributed by atoms with van der Waals surface area (Å²) in [4.78, 5) is 22.3. The Morgan fingerprint density at radius 1 is 1.11 bits per heavy atom. The van der Waals surface area contributed by atoms with Gasteiger partial charge in [0.2, 0.25) is 6.41 Å². The van der Waals surface area contributed by atoms with E-state index in [1.807, 2.05) is 30.3 Å². The maximum absolute atomic E-state index is 14.5. The summed E-state index contributed by atoms with van der Waals surface area (Å²) in [6, 6.07) is 14.2. The van der Waals surface area contributed by atoms with Crippen LogP contribution in [0, 0.1) is 5.82 Å². The molecule has 0 aliphatic heterocycles. The molecule has 0 saturated carbocycles. The number of carbonyl (C=O) groups excluding carboxylic acids is 2. The SMILES string of the molecule is CC(C(=O)OCCCCCCNC=O)c1ccc(-c2ccccc2)c(F)c1. The number of benzene rings is 2. The monoisotopic (exact) mass is 371 g/mol. The van der Waals surface area contributed by atoms with E-state index in [1.54, 1.807) is 19.1 Å². The molecule has 0 aliphatic carbocycles. The van der Waals surface area contributed by atoms with Gasteiger partial charge in [-0.2, -0.15) is 0 Å². The predicted octanol–water partition coefficient (Wildman–Crippen LogP) is 4.45.